The number of halogens is 1. The number of benzene rings is 1. The Kier molecular flexibility index (Phi) is 4.12. The van der Waals surface area contributed by atoms with Crippen LogP contribution in [0.25, 0.3) is 11.7 Å². The van der Waals surface area contributed by atoms with Gasteiger partial charge in [-0.05, 0) is 38.0 Å². The third-order valence-corrected chi connectivity index (χ3v) is 4.98. The van der Waals surface area contributed by atoms with Gasteiger partial charge < -0.3 is 16.0 Å². The minimum absolute atomic E-state index is 0.118. The number of amides is 3. The van der Waals surface area contributed by atoms with E-state index in [1.807, 2.05) is 6.07 Å². The zero-order chi connectivity index (χ0) is 20.8. The van der Waals surface area contributed by atoms with Crippen molar-refractivity contribution < 1.29 is 14.0 Å². The third kappa shape index (κ3) is 3.32. The summed E-state index contributed by atoms with van der Waals surface area (Å²) in [6.07, 6.45) is 5.23. The van der Waals surface area contributed by atoms with Gasteiger partial charge >= 0.3 is 6.03 Å². The van der Waals surface area contributed by atoms with E-state index < -0.39 is 11.9 Å². The number of hydrogen-bond donors (Lipinski definition) is 4. The van der Waals surface area contributed by atoms with Crippen LogP contribution >= 0.6 is 0 Å². The van der Waals surface area contributed by atoms with E-state index in [1.165, 1.54) is 12.1 Å². The molecule has 2 fully saturated rings. The molecule has 3 heterocycles. The summed E-state index contributed by atoms with van der Waals surface area (Å²) in [6, 6.07) is 6.41. The van der Waals surface area contributed by atoms with Gasteiger partial charge in [0.2, 0.25) is 0 Å². The second-order valence-electron chi connectivity index (χ2n) is 7.28. The highest BCUT2D eigenvalue weighted by Gasteiger charge is 2.25. The van der Waals surface area contributed by atoms with Gasteiger partial charge in [0.1, 0.15) is 23.1 Å². The molecule has 0 radical (unpaired) electrons. The Balaban J connectivity index is 1.59. The molecular weight excluding hydrogens is 389 g/mol. The molecule has 0 spiro atoms. The average molecular weight is 407 g/mol. The molecule has 0 bridgehead atoms. The minimum atomic E-state index is -0.573. The molecular formula is C20H18FN7O2. The van der Waals surface area contributed by atoms with Crippen LogP contribution in [0.1, 0.15) is 24.0 Å². The number of anilines is 3. The molecule has 0 unspecified atom stereocenters. The van der Waals surface area contributed by atoms with Gasteiger partial charge in [0.15, 0.2) is 5.65 Å². The number of nitrogens with one attached hydrogen (secondary N) is 4. The fraction of sp³-hybridized carbons (Fsp3) is 0.200. The lowest BCUT2D eigenvalue weighted by atomic mass is 10.2. The standard InChI is InChI=1S/C20H18FN7O2/c1-10-13(21)3-2-4-14(10)24-16-8-17(23-12-5-6-12)28-18(26-16)11(9-22-28)7-15-19(29)27-20(30)25-15/h2-4,7-9,12,23H,5-6H2,1H3,(H,24,26)(H2,25,27,29,30)/b15-7-. The van der Waals surface area contributed by atoms with E-state index in [1.54, 1.807) is 29.8 Å². The molecule has 4 N–H and O–H groups in total. The minimum Gasteiger partial charge on any atom is -0.367 e. The summed E-state index contributed by atoms with van der Waals surface area (Å²) in [6.45, 7) is 1.69. The quantitative estimate of drug-likeness (QED) is 0.382. The molecule has 10 heteroatoms. The van der Waals surface area contributed by atoms with Crippen LogP contribution in [0, 0.1) is 12.7 Å². The second kappa shape index (κ2) is 6.83. The predicted molar refractivity (Wildman–Crippen MR) is 109 cm³/mol. The van der Waals surface area contributed by atoms with Crippen LogP contribution in [0.15, 0.2) is 36.2 Å². The molecule has 3 aromatic rings. The molecule has 1 aliphatic heterocycles. The molecule has 2 aliphatic rings. The van der Waals surface area contributed by atoms with E-state index in [4.69, 9.17) is 0 Å². The van der Waals surface area contributed by atoms with E-state index >= 15 is 0 Å². The van der Waals surface area contributed by atoms with Crippen LogP contribution in [-0.2, 0) is 4.79 Å². The molecule has 1 aliphatic carbocycles. The van der Waals surface area contributed by atoms with Crippen molar-refractivity contribution >= 4 is 41.0 Å². The fourth-order valence-corrected chi connectivity index (χ4v) is 3.20. The van der Waals surface area contributed by atoms with Crippen LogP contribution < -0.4 is 21.3 Å². The summed E-state index contributed by atoms with van der Waals surface area (Å²) in [5.74, 6) is 0.401. The molecule has 1 aromatic carbocycles. The third-order valence-electron chi connectivity index (χ3n) is 4.98. The maximum absolute atomic E-state index is 13.9. The fourth-order valence-electron chi connectivity index (χ4n) is 3.20. The van der Waals surface area contributed by atoms with Crippen LogP contribution in [0.4, 0.5) is 26.5 Å². The first-order valence-corrected chi connectivity index (χ1v) is 9.49. The summed E-state index contributed by atoms with van der Waals surface area (Å²) in [5.41, 5.74) is 2.25. The van der Waals surface area contributed by atoms with Crippen LogP contribution in [0.5, 0.6) is 0 Å². The summed E-state index contributed by atoms with van der Waals surface area (Å²) in [4.78, 5) is 27.9. The number of fused-ring (bicyclic) bond motifs is 1. The summed E-state index contributed by atoms with van der Waals surface area (Å²) in [5, 5.41) is 15.6. The maximum Gasteiger partial charge on any atom is 0.326 e. The Labute approximate surface area is 170 Å². The molecule has 0 atom stereocenters. The van der Waals surface area contributed by atoms with Gasteiger partial charge in [0.05, 0.1) is 6.20 Å². The van der Waals surface area contributed by atoms with Gasteiger partial charge in [0, 0.05) is 28.9 Å². The number of urea groups is 1. The molecule has 1 saturated heterocycles. The van der Waals surface area contributed by atoms with Crippen molar-refractivity contribution in [2.75, 3.05) is 10.6 Å². The molecule has 2 aromatic heterocycles. The highest BCUT2D eigenvalue weighted by Crippen LogP contribution is 2.29. The van der Waals surface area contributed by atoms with Crippen molar-refractivity contribution in [3.63, 3.8) is 0 Å². The molecule has 3 amide bonds. The lowest BCUT2D eigenvalue weighted by Crippen LogP contribution is -2.22. The van der Waals surface area contributed by atoms with E-state index in [-0.39, 0.29) is 11.5 Å². The highest BCUT2D eigenvalue weighted by molar-refractivity contribution is 6.14. The largest absolute Gasteiger partial charge is 0.367 e. The molecule has 5 rings (SSSR count). The van der Waals surface area contributed by atoms with Gasteiger partial charge in [-0.1, -0.05) is 6.07 Å². The van der Waals surface area contributed by atoms with Crippen molar-refractivity contribution in [2.24, 2.45) is 0 Å². The number of hydrogen-bond acceptors (Lipinski definition) is 6. The lowest BCUT2D eigenvalue weighted by molar-refractivity contribution is -0.115. The predicted octanol–water partition coefficient (Wildman–Crippen LogP) is 2.68. The van der Waals surface area contributed by atoms with Gasteiger partial charge in [-0.3, -0.25) is 10.1 Å². The summed E-state index contributed by atoms with van der Waals surface area (Å²) >= 11 is 0. The van der Waals surface area contributed by atoms with Crippen LogP contribution in [-0.4, -0.2) is 32.6 Å². The molecule has 9 nitrogen and oxygen atoms in total. The first-order chi connectivity index (χ1) is 14.5. The van der Waals surface area contributed by atoms with Crippen molar-refractivity contribution in [3.8, 4) is 0 Å². The van der Waals surface area contributed by atoms with E-state index in [2.05, 4.69) is 31.3 Å². The van der Waals surface area contributed by atoms with Gasteiger partial charge in [0.25, 0.3) is 5.91 Å². The number of rotatable bonds is 5. The van der Waals surface area contributed by atoms with Crippen molar-refractivity contribution in [2.45, 2.75) is 25.8 Å². The average Bonchev–Trinajstić information content (AvgIpc) is 3.34. The molecule has 1 saturated carbocycles. The smallest absolute Gasteiger partial charge is 0.326 e. The van der Waals surface area contributed by atoms with Gasteiger partial charge in [-0.2, -0.15) is 9.61 Å². The van der Waals surface area contributed by atoms with Crippen molar-refractivity contribution in [3.05, 3.63) is 53.1 Å². The zero-order valence-electron chi connectivity index (χ0n) is 16.0. The monoisotopic (exact) mass is 407 g/mol. The normalized spacial score (nSPS) is 17.3. The SMILES string of the molecule is Cc1c(F)cccc1Nc1cc(NC2CC2)n2ncc(/C=C3\NC(=O)NC3=O)c2n1. The Morgan fingerprint density at radius 2 is 2.10 bits per heavy atom. The van der Waals surface area contributed by atoms with E-state index in [0.29, 0.717) is 34.3 Å². The number of nitrogens with zero attached hydrogens (tertiary/aromatic N) is 3. The topological polar surface area (TPSA) is 112 Å². The second-order valence-corrected chi connectivity index (χ2v) is 7.28. The Bertz CT molecular complexity index is 1230. The number of carbonyl (C=O) groups is 2. The number of imide groups is 1. The van der Waals surface area contributed by atoms with Crippen LogP contribution in [0.3, 0.4) is 0 Å². The first-order valence-electron chi connectivity index (χ1n) is 9.49. The summed E-state index contributed by atoms with van der Waals surface area (Å²) in [7, 11) is 0. The van der Waals surface area contributed by atoms with Crippen molar-refractivity contribution in [1.29, 1.82) is 0 Å². The molecule has 152 valence electrons. The number of carbonyl (C=O) groups excluding carboxylic acids is 2. The van der Waals surface area contributed by atoms with Crippen LogP contribution in [0.2, 0.25) is 0 Å². The maximum atomic E-state index is 13.9. The Hall–Kier alpha value is -3.95. The van der Waals surface area contributed by atoms with E-state index in [9.17, 15) is 14.0 Å². The lowest BCUT2D eigenvalue weighted by Gasteiger charge is -2.13. The Morgan fingerprint density at radius 3 is 2.83 bits per heavy atom. The highest BCUT2D eigenvalue weighted by atomic mass is 19.1. The zero-order valence-corrected chi connectivity index (χ0v) is 16.0. The van der Waals surface area contributed by atoms with E-state index in [0.717, 1.165) is 18.7 Å². The summed E-state index contributed by atoms with van der Waals surface area (Å²) < 4.78 is 15.6. The van der Waals surface area contributed by atoms with Gasteiger partial charge in [-0.25, -0.2) is 14.2 Å². The van der Waals surface area contributed by atoms with Crippen molar-refractivity contribution in [1.82, 2.24) is 25.2 Å². The molecule has 30 heavy (non-hydrogen) atoms. The number of aromatic nitrogens is 3. The Morgan fingerprint density at radius 1 is 1.27 bits per heavy atom. The van der Waals surface area contributed by atoms with Gasteiger partial charge in [-0.15, -0.1) is 0 Å². The first kappa shape index (κ1) is 18.1.